The first-order chi connectivity index (χ1) is 17.3. The zero-order valence-corrected chi connectivity index (χ0v) is 20.6. The first-order valence-corrected chi connectivity index (χ1v) is 12.0. The monoisotopic (exact) mass is 491 g/mol. The van der Waals surface area contributed by atoms with Crippen molar-refractivity contribution in [1.82, 2.24) is 23.7 Å². The van der Waals surface area contributed by atoms with Gasteiger partial charge in [0.05, 0.1) is 24.7 Å². The molecule has 1 atom stereocenters. The molecule has 0 saturated carbocycles. The van der Waals surface area contributed by atoms with Crippen molar-refractivity contribution in [2.75, 3.05) is 25.1 Å². The van der Waals surface area contributed by atoms with Crippen LogP contribution in [0.1, 0.15) is 35.9 Å². The van der Waals surface area contributed by atoms with E-state index >= 15 is 0 Å². The second-order valence-corrected chi connectivity index (χ2v) is 9.06. The molecule has 2 N–H and O–H groups in total. The van der Waals surface area contributed by atoms with Crippen LogP contribution in [0.2, 0.25) is 0 Å². The molecule has 1 aliphatic heterocycles. The van der Waals surface area contributed by atoms with Gasteiger partial charge in [-0.3, -0.25) is 13.9 Å². The minimum Gasteiger partial charge on any atom is -0.465 e. The van der Waals surface area contributed by atoms with Gasteiger partial charge in [-0.15, -0.1) is 0 Å². The molecular formula is C25H29N7O4. The number of benzene rings is 1. The number of nitrogens with zero attached hydrogens (tertiary/aromatic N) is 6. The summed E-state index contributed by atoms with van der Waals surface area (Å²) in [5, 5.41) is 0.865. The molecule has 3 aromatic heterocycles. The number of hydrogen-bond acceptors (Lipinski definition) is 8. The van der Waals surface area contributed by atoms with Gasteiger partial charge in [0.2, 0.25) is 0 Å². The summed E-state index contributed by atoms with van der Waals surface area (Å²) in [6, 6.07) is 7.45. The van der Waals surface area contributed by atoms with Gasteiger partial charge in [0.1, 0.15) is 22.7 Å². The maximum Gasteiger partial charge on any atom is 0.343 e. The van der Waals surface area contributed by atoms with Crippen LogP contribution in [-0.4, -0.2) is 55.9 Å². The second-order valence-electron chi connectivity index (χ2n) is 9.06. The van der Waals surface area contributed by atoms with Crippen molar-refractivity contribution in [3.05, 3.63) is 62.7 Å². The number of nitrogens with two attached hydrogens (primary N) is 1. The van der Waals surface area contributed by atoms with Crippen molar-refractivity contribution in [1.29, 1.82) is 0 Å². The number of ether oxygens (including phenoxy) is 1. The topological polar surface area (TPSA) is 130 Å². The largest absolute Gasteiger partial charge is 0.465 e. The van der Waals surface area contributed by atoms with E-state index in [-0.39, 0.29) is 29.2 Å². The number of hydrogen-bond donors (Lipinski definition) is 1. The van der Waals surface area contributed by atoms with E-state index in [1.54, 1.807) is 17.8 Å². The normalized spacial score (nSPS) is 16.1. The smallest absolute Gasteiger partial charge is 0.343 e. The van der Waals surface area contributed by atoms with Crippen LogP contribution >= 0.6 is 0 Å². The predicted octanol–water partition coefficient (Wildman–Crippen LogP) is 1.23. The molecule has 1 saturated heterocycles. The number of aryl methyl sites for hydroxylation is 2. The average Bonchev–Trinajstić information content (AvgIpc) is 3.25. The fraction of sp³-hybridized carbons (Fsp3) is 0.400. The molecule has 4 heterocycles. The quantitative estimate of drug-likeness (QED) is 0.413. The summed E-state index contributed by atoms with van der Waals surface area (Å²) in [6.07, 6.45) is 3.41. The Morgan fingerprint density at radius 2 is 1.97 bits per heavy atom. The number of esters is 1. The number of fused-ring (bicyclic) bond motifs is 2. The van der Waals surface area contributed by atoms with E-state index in [0.717, 1.165) is 28.3 Å². The van der Waals surface area contributed by atoms with E-state index in [0.29, 0.717) is 31.3 Å². The fourth-order valence-electron chi connectivity index (χ4n) is 5.12. The summed E-state index contributed by atoms with van der Waals surface area (Å²) in [4.78, 5) is 51.2. The van der Waals surface area contributed by atoms with Crippen LogP contribution in [0.4, 0.5) is 5.82 Å². The number of para-hydroxylation sites is 1. The third-order valence-electron chi connectivity index (χ3n) is 6.81. The minimum absolute atomic E-state index is 0.0573. The minimum atomic E-state index is -0.605. The molecule has 0 radical (unpaired) electrons. The molecule has 1 aromatic carbocycles. The molecule has 11 heteroatoms. The first-order valence-electron chi connectivity index (χ1n) is 12.0. The van der Waals surface area contributed by atoms with E-state index in [4.69, 9.17) is 10.5 Å². The summed E-state index contributed by atoms with van der Waals surface area (Å²) in [5.74, 6) is 0.296. The van der Waals surface area contributed by atoms with Crippen LogP contribution in [-0.2, 0) is 24.9 Å². The molecule has 0 bridgehead atoms. The molecular weight excluding hydrogens is 462 g/mol. The highest BCUT2D eigenvalue weighted by atomic mass is 16.5. The molecule has 1 aliphatic rings. The maximum atomic E-state index is 13.9. The zero-order chi connectivity index (χ0) is 25.6. The van der Waals surface area contributed by atoms with Crippen LogP contribution < -0.4 is 21.9 Å². The average molecular weight is 492 g/mol. The lowest BCUT2D eigenvalue weighted by molar-refractivity contribution is 0.0603. The van der Waals surface area contributed by atoms with Crippen LogP contribution in [0.5, 0.6) is 0 Å². The van der Waals surface area contributed by atoms with Gasteiger partial charge in [0.25, 0.3) is 5.56 Å². The number of aromatic nitrogens is 5. The van der Waals surface area contributed by atoms with Crippen molar-refractivity contribution in [3.8, 4) is 0 Å². The molecule has 11 nitrogen and oxygen atoms in total. The van der Waals surface area contributed by atoms with Gasteiger partial charge in [0, 0.05) is 44.3 Å². The van der Waals surface area contributed by atoms with Crippen LogP contribution in [0.3, 0.4) is 0 Å². The van der Waals surface area contributed by atoms with Crippen molar-refractivity contribution in [2.45, 2.75) is 38.9 Å². The molecule has 36 heavy (non-hydrogen) atoms. The molecule has 0 unspecified atom stereocenters. The number of carbonyl (C=O) groups is 1. The van der Waals surface area contributed by atoms with E-state index in [9.17, 15) is 14.4 Å². The second kappa shape index (κ2) is 9.23. The number of anilines is 1. The van der Waals surface area contributed by atoms with Crippen molar-refractivity contribution >= 4 is 33.7 Å². The van der Waals surface area contributed by atoms with Crippen molar-refractivity contribution in [2.24, 2.45) is 12.8 Å². The Morgan fingerprint density at radius 3 is 2.69 bits per heavy atom. The van der Waals surface area contributed by atoms with Crippen molar-refractivity contribution in [3.63, 3.8) is 0 Å². The fourth-order valence-corrected chi connectivity index (χ4v) is 5.12. The van der Waals surface area contributed by atoms with Crippen molar-refractivity contribution < 1.29 is 9.53 Å². The molecule has 1 fully saturated rings. The van der Waals surface area contributed by atoms with E-state index in [2.05, 4.69) is 9.97 Å². The third-order valence-corrected chi connectivity index (χ3v) is 6.81. The van der Waals surface area contributed by atoms with Gasteiger partial charge in [-0.05, 0) is 25.8 Å². The standard InChI is InChI=1S/C25H29N7O4/c1-4-31-21-20(19(24(34)36-3)22(31)30-11-7-9-16(26)13-30)29(2)25(35)32(23(21)33)14-18-27-12-15-8-5-6-10-17(15)28-18/h5-6,8,10,12,16H,4,7,9,11,13-14,26H2,1-3H3/t16-/m1/s1. The summed E-state index contributed by atoms with van der Waals surface area (Å²) in [5.41, 5.74) is 6.60. The summed E-state index contributed by atoms with van der Waals surface area (Å²) >= 11 is 0. The van der Waals surface area contributed by atoms with Gasteiger partial charge in [-0.1, -0.05) is 18.2 Å². The van der Waals surface area contributed by atoms with Crippen LogP contribution in [0.25, 0.3) is 21.9 Å². The molecule has 5 rings (SSSR count). The lowest BCUT2D eigenvalue weighted by Gasteiger charge is -2.33. The lowest BCUT2D eigenvalue weighted by atomic mass is 10.1. The maximum absolute atomic E-state index is 13.9. The summed E-state index contributed by atoms with van der Waals surface area (Å²) in [6.45, 7) is 3.43. The van der Waals surface area contributed by atoms with Crippen LogP contribution in [0, 0.1) is 0 Å². The highest BCUT2D eigenvalue weighted by Gasteiger charge is 2.33. The molecule has 0 amide bonds. The summed E-state index contributed by atoms with van der Waals surface area (Å²) < 4.78 is 9.35. The van der Waals surface area contributed by atoms with Gasteiger partial charge < -0.3 is 19.9 Å². The Morgan fingerprint density at radius 1 is 1.19 bits per heavy atom. The summed E-state index contributed by atoms with van der Waals surface area (Å²) in [7, 11) is 2.85. The van der Waals surface area contributed by atoms with Gasteiger partial charge in [-0.2, -0.15) is 0 Å². The third kappa shape index (κ3) is 3.76. The highest BCUT2D eigenvalue weighted by Crippen LogP contribution is 2.33. The SMILES string of the molecule is CCn1c(N2CCC[C@@H](N)C2)c(C(=O)OC)c2c1c(=O)n(Cc1ncc3ccccc3n1)c(=O)n2C. The molecule has 4 aromatic rings. The highest BCUT2D eigenvalue weighted by molar-refractivity contribution is 6.08. The van der Waals surface area contributed by atoms with E-state index < -0.39 is 17.2 Å². The van der Waals surface area contributed by atoms with Gasteiger partial charge in [-0.25, -0.2) is 19.6 Å². The van der Waals surface area contributed by atoms with E-state index in [1.165, 1.54) is 11.7 Å². The van der Waals surface area contributed by atoms with Crippen LogP contribution in [0.15, 0.2) is 40.1 Å². The number of piperidine rings is 1. The number of rotatable bonds is 5. The Kier molecular flexibility index (Phi) is 6.09. The predicted molar refractivity (Wildman–Crippen MR) is 137 cm³/mol. The van der Waals surface area contributed by atoms with Gasteiger partial charge >= 0.3 is 11.7 Å². The Bertz CT molecular complexity index is 1600. The number of methoxy groups -OCH3 is 1. The van der Waals surface area contributed by atoms with Gasteiger partial charge in [0.15, 0.2) is 0 Å². The van der Waals surface area contributed by atoms with E-state index in [1.807, 2.05) is 36.1 Å². The lowest BCUT2D eigenvalue weighted by Crippen LogP contribution is -2.44. The Hall–Kier alpha value is -3.99. The molecule has 188 valence electrons. The Labute approximate surface area is 206 Å². The Balaban J connectivity index is 1.76. The molecule has 0 aliphatic carbocycles. The first kappa shape index (κ1) is 23.7. The zero-order valence-electron chi connectivity index (χ0n) is 20.6. The molecule has 0 spiro atoms. The number of carbonyl (C=O) groups excluding carboxylic acids is 1.